The summed E-state index contributed by atoms with van der Waals surface area (Å²) in [5.74, 6) is -3.12. The first kappa shape index (κ1) is 40.5. The molecule has 0 aliphatic carbocycles. The number of rotatable bonds is 20. The minimum atomic E-state index is -1.45. The Hall–Kier alpha value is -3.67. The number of aryl methyl sites for hydroxylation is 1. The van der Waals surface area contributed by atoms with Gasteiger partial charge in [-0.2, -0.15) is 0 Å². The summed E-state index contributed by atoms with van der Waals surface area (Å²) in [6, 6.07) is 4.91. The molecule has 12 nitrogen and oxygen atoms in total. The van der Waals surface area contributed by atoms with Crippen molar-refractivity contribution in [3.05, 3.63) is 29.3 Å². The van der Waals surface area contributed by atoms with Crippen LogP contribution in [0.2, 0.25) is 0 Å². The molecule has 1 aliphatic heterocycles. The molecule has 1 aromatic carbocycles. The van der Waals surface area contributed by atoms with Crippen molar-refractivity contribution in [1.29, 1.82) is 0 Å². The third-order valence-electron chi connectivity index (χ3n) is 7.94. The third kappa shape index (κ3) is 14.6. The number of unbranched alkanes of at least 4 members (excludes halogenated alkanes) is 9. The highest BCUT2D eigenvalue weighted by Gasteiger charge is 2.53. The van der Waals surface area contributed by atoms with Gasteiger partial charge in [0.25, 0.3) is 5.91 Å². The normalized spacial score (nSPS) is 21.0. The molecule has 4 unspecified atom stereocenters. The van der Waals surface area contributed by atoms with E-state index >= 15 is 0 Å². The molecule has 1 fully saturated rings. The molecule has 0 aromatic heterocycles. The van der Waals surface area contributed by atoms with Crippen LogP contribution in [0, 0.1) is 6.92 Å². The Morgan fingerprint density at radius 1 is 0.750 bits per heavy atom. The lowest BCUT2D eigenvalue weighted by atomic mass is 9.98. The van der Waals surface area contributed by atoms with Crippen molar-refractivity contribution >= 4 is 29.8 Å². The number of carbonyl (C=O) groups excluding carboxylic acids is 5. The summed E-state index contributed by atoms with van der Waals surface area (Å²) < 4.78 is 33.8. The van der Waals surface area contributed by atoms with Gasteiger partial charge in [-0.3, -0.25) is 24.0 Å². The van der Waals surface area contributed by atoms with E-state index in [9.17, 15) is 24.0 Å². The van der Waals surface area contributed by atoms with Gasteiger partial charge in [-0.15, -0.1) is 0 Å². The second-order valence-corrected chi connectivity index (χ2v) is 12.5. The van der Waals surface area contributed by atoms with Gasteiger partial charge >= 0.3 is 23.9 Å². The number of benzene rings is 1. The van der Waals surface area contributed by atoms with Crippen LogP contribution in [0.5, 0.6) is 5.75 Å². The number of esters is 4. The number of carbonyl (C=O) groups is 5. The van der Waals surface area contributed by atoms with Gasteiger partial charge in [0, 0.05) is 33.7 Å². The minimum absolute atomic E-state index is 0.0921. The number of hydrogen-bond donors (Lipinski definition) is 1. The summed E-state index contributed by atoms with van der Waals surface area (Å²) in [4.78, 5) is 61.6. The van der Waals surface area contributed by atoms with Crippen LogP contribution in [0.15, 0.2) is 18.2 Å². The number of hydrogen-bond acceptors (Lipinski definition) is 11. The molecule has 1 N–H and O–H groups in total. The van der Waals surface area contributed by atoms with Gasteiger partial charge in [0.2, 0.25) is 12.4 Å². The second-order valence-electron chi connectivity index (χ2n) is 12.5. The maximum absolute atomic E-state index is 13.5. The first-order chi connectivity index (χ1) is 22.8. The van der Waals surface area contributed by atoms with Crippen molar-refractivity contribution < 1.29 is 52.4 Å². The summed E-state index contributed by atoms with van der Waals surface area (Å²) in [6.45, 7) is 10.3. The Labute approximate surface area is 284 Å². The van der Waals surface area contributed by atoms with Crippen molar-refractivity contribution in [2.24, 2.45) is 0 Å². The van der Waals surface area contributed by atoms with Gasteiger partial charge in [-0.25, -0.2) is 0 Å². The van der Waals surface area contributed by atoms with Crippen molar-refractivity contribution in [1.82, 2.24) is 5.32 Å². The number of ether oxygens (including phenoxy) is 6. The van der Waals surface area contributed by atoms with E-state index in [1.807, 2.05) is 13.8 Å². The molecule has 1 heterocycles. The lowest BCUT2D eigenvalue weighted by Crippen LogP contribution is -2.63. The molecule has 0 bridgehead atoms. The summed E-state index contributed by atoms with van der Waals surface area (Å²) in [7, 11) is 0. The maximum Gasteiger partial charge on any atom is 0.303 e. The molecule has 0 radical (unpaired) electrons. The first-order valence-electron chi connectivity index (χ1n) is 17.2. The molecule has 12 heteroatoms. The van der Waals surface area contributed by atoms with E-state index in [2.05, 4.69) is 12.2 Å². The van der Waals surface area contributed by atoms with Crippen LogP contribution < -0.4 is 10.1 Å². The predicted octanol–water partition coefficient (Wildman–Crippen LogP) is 5.89. The molecule has 6 atom stereocenters. The Balaban J connectivity index is 2.19. The summed E-state index contributed by atoms with van der Waals surface area (Å²) in [5.41, 5.74) is 1.02. The van der Waals surface area contributed by atoms with Gasteiger partial charge in [-0.05, 0) is 32.4 Å². The minimum Gasteiger partial charge on any atom is -0.463 e. The quantitative estimate of drug-likeness (QED) is 0.0999. The maximum atomic E-state index is 13.5. The summed E-state index contributed by atoms with van der Waals surface area (Å²) in [6.07, 6.45) is 6.36. The highest BCUT2D eigenvalue weighted by atomic mass is 16.7. The van der Waals surface area contributed by atoms with Gasteiger partial charge in [0.05, 0.1) is 5.56 Å². The van der Waals surface area contributed by atoms with Crippen LogP contribution in [0.4, 0.5) is 0 Å². The topological polar surface area (TPSA) is 153 Å². The van der Waals surface area contributed by atoms with Crippen LogP contribution >= 0.6 is 0 Å². The Morgan fingerprint density at radius 3 is 1.85 bits per heavy atom. The van der Waals surface area contributed by atoms with Crippen LogP contribution in [-0.4, -0.2) is 73.1 Å². The summed E-state index contributed by atoms with van der Waals surface area (Å²) >= 11 is 0. The zero-order valence-electron chi connectivity index (χ0n) is 29.7. The van der Waals surface area contributed by atoms with E-state index < -0.39 is 61.2 Å². The number of nitrogens with one attached hydrogen (secondary N) is 1. The lowest BCUT2D eigenvalue weighted by Gasteiger charge is -2.44. The largest absolute Gasteiger partial charge is 0.463 e. The molecule has 48 heavy (non-hydrogen) atoms. The highest BCUT2D eigenvalue weighted by molar-refractivity contribution is 5.97. The second kappa shape index (κ2) is 21.3. The monoisotopic (exact) mass is 677 g/mol. The van der Waals surface area contributed by atoms with E-state index in [1.54, 1.807) is 18.2 Å². The van der Waals surface area contributed by atoms with Gasteiger partial charge < -0.3 is 33.7 Å². The van der Waals surface area contributed by atoms with E-state index in [0.29, 0.717) is 0 Å². The third-order valence-corrected chi connectivity index (χ3v) is 7.94. The molecule has 0 saturated carbocycles. The molecule has 1 saturated heterocycles. The van der Waals surface area contributed by atoms with Gasteiger partial charge in [0.1, 0.15) is 18.5 Å². The van der Waals surface area contributed by atoms with Crippen molar-refractivity contribution in [2.45, 2.75) is 156 Å². The highest BCUT2D eigenvalue weighted by Crippen LogP contribution is 2.32. The molecule has 2 rings (SSSR count). The fourth-order valence-electron chi connectivity index (χ4n) is 5.64. The zero-order chi connectivity index (χ0) is 35.6. The van der Waals surface area contributed by atoms with E-state index in [0.717, 1.165) is 45.6 Å². The van der Waals surface area contributed by atoms with Crippen LogP contribution in [-0.2, 0) is 42.9 Å². The molecule has 1 amide bonds. The fraction of sp³-hybridized carbons (Fsp3) is 0.694. The first-order valence-corrected chi connectivity index (χ1v) is 17.2. The Morgan fingerprint density at radius 2 is 1.29 bits per heavy atom. The Bertz CT molecular complexity index is 1200. The van der Waals surface area contributed by atoms with Crippen LogP contribution in [0.1, 0.15) is 128 Å². The predicted molar refractivity (Wildman–Crippen MR) is 177 cm³/mol. The molecule has 270 valence electrons. The van der Waals surface area contributed by atoms with Gasteiger partial charge in [0.15, 0.2) is 12.2 Å². The van der Waals surface area contributed by atoms with E-state index in [4.69, 9.17) is 28.4 Å². The molecule has 0 spiro atoms. The molecular formula is C36H55NO11. The van der Waals surface area contributed by atoms with Crippen LogP contribution in [0.3, 0.4) is 0 Å². The summed E-state index contributed by atoms with van der Waals surface area (Å²) in [5, 5.41) is 3.05. The SMILES string of the molecule is CCCCCCCCCCCCC(C)NC(=O)c1cc(C)ccc1O[C@@H]1OC(COC(C)=O)[C@H](OC(C)=O)C(OC(C)=O)C1OC(C)=O. The molecule has 1 aromatic rings. The molecule has 1 aliphatic rings. The fourth-order valence-corrected chi connectivity index (χ4v) is 5.64. The van der Waals surface area contributed by atoms with E-state index in [-0.39, 0.29) is 23.3 Å². The molecular weight excluding hydrogens is 622 g/mol. The zero-order valence-corrected chi connectivity index (χ0v) is 29.7. The van der Waals surface area contributed by atoms with E-state index in [1.165, 1.54) is 58.3 Å². The standard InChI is InChI=1S/C36H55NO11/c1-8-9-10-11-12-13-14-15-16-17-18-24(3)37-35(42)29-21-23(2)19-20-30(29)47-36-34(46-28(7)41)33(45-27(6)40)32(44-26(5)39)31(48-36)22-43-25(4)38/h19-21,24,31-34,36H,8-18,22H2,1-7H3,(H,37,42)/t24?,31?,32-,33?,34?,36+/m0/s1. The van der Waals surface area contributed by atoms with Crippen LogP contribution in [0.25, 0.3) is 0 Å². The van der Waals surface area contributed by atoms with Gasteiger partial charge in [-0.1, -0.05) is 82.8 Å². The average molecular weight is 678 g/mol. The lowest BCUT2D eigenvalue weighted by molar-refractivity contribution is -0.288. The Kier molecular flexibility index (Phi) is 18.0. The number of amides is 1. The average Bonchev–Trinajstić information content (AvgIpc) is 3.00. The smallest absolute Gasteiger partial charge is 0.303 e. The van der Waals surface area contributed by atoms with Crippen molar-refractivity contribution in [3.63, 3.8) is 0 Å². The van der Waals surface area contributed by atoms with Crippen molar-refractivity contribution in [3.8, 4) is 5.75 Å². The van der Waals surface area contributed by atoms with Crippen molar-refractivity contribution in [2.75, 3.05) is 6.61 Å².